The van der Waals surface area contributed by atoms with Crippen LogP contribution >= 0.6 is 0 Å². The maximum Gasteiger partial charge on any atom is 0.287 e. The van der Waals surface area contributed by atoms with Gasteiger partial charge in [-0.25, -0.2) is 0 Å². The zero-order valence-electron chi connectivity index (χ0n) is 11.7. The van der Waals surface area contributed by atoms with Crippen molar-refractivity contribution in [3.8, 4) is 0 Å². The lowest BCUT2D eigenvalue weighted by Crippen LogP contribution is -2.40. The van der Waals surface area contributed by atoms with E-state index in [0.29, 0.717) is 31.6 Å². The maximum atomic E-state index is 12.5. The Labute approximate surface area is 116 Å². The second kappa shape index (κ2) is 5.62. The zero-order chi connectivity index (χ0) is 14.9. The third-order valence-electron chi connectivity index (χ3n) is 3.57. The molecule has 1 saturated heterocycles. The van der Waals surface area contributed by atoms with Gasteiger partial charge in [0, 0.05) is 25.2 Å². The highest BCUT2D eigenvalue weighted by molar-refractivity contribution is 5.93. The molecule has 1 aromatic rings. The zero-order valence-corrected chi connectivity index (χ0v) is 11.7. The van der Waals surface area contributed by atoms with Crippen molar-refractivity contribution in [1.82, 2.24) is 9.47 Å². The summed E-state index contributed by atoms with van der Waals surface area (Å²) in [7, 11) is 0. The summed E-state index contributed by atoms with van der Waals surface area (Å²) < 4.78 is 1.63. The molecule has 1 aliphatic rings. The fourth-order valence-corrected chi connectivity index (χ4v) is 2.39. The fourth-order valence-electron chi connectivity index (χ4n) is 2.39. The minimum absolute atomic E-state index is 0.0296. The highest BCUT2D eigenvalue weighted by Gasteiger charge is 2.27. The topological polar surface area (TPSA) is 88.6 Å². The summed E-state index contributed by atoms with van der Waals surface area (Å²) in [5.41, 5.74) is 0.266. The number of likely N-dealkylation sites (tertiary alicyclic amines) is 1. The van der Waals surface area contributed by atoms with Crippen molar-refractivity contribution < 1.29 is 14.8 Å². The molecule has 0 saturated carbocycles. The number of piperidine rings is 1. The summed E-state index contributed by atoms with van der Waals surface area (Å²) in [6.45, 7) is 4.72. The molecule has 1 N–H and O–H groups in total. The average molecular weight is 281 g/mol. The number of nitrogens with zero attached hydrogens (tertiary/aromatic N) is 3. The van der Waals surface area contributed by atoms with E-state index >= 15 is 0 Å². The SMILES string of the molecule is CC(C)n1cc([N+](=O)[O-])cc1C(=O)N1CCC(O)CC1. The number of aliphatic hydroxyl groups is 1. The molecule has 0 aromatic carbocycles. The molecule has 110 valence electrons. The van der Waals surface area contributed by atoms with Crippen LogP contribution in [0.3, 0.4) is 0 Å². The van der Waals surface area contributed by atoms with Crippen molar-refractivity contribution in [3.63, 3.8) is 0 Å². The van der Waals surface area contributed by atoms with E-state index in [0.717, 1.165) is 0 Å². The van der Waals surface area contributed by atoms with Crippen LogP contribution in [0.2, 0.25) is 0 Å². The van der Waals surface area contributed by atoms with Crippen LogP contribution in [0.25, 0.3) is 0 Å². The minimum Gasteiger partial charge on any atom is -0.393 e. The van der Waals surface area contributed by atoms with Gasteiger partial charge in [-0.2, -0.15) is 0 Å². The van der Waals surface area contributed by atoms with Crippen LogP contribution < -0.4 is 0 Å². The summed E-state index contributed by atoms with van der Waals surface area (Å²) in [6.07, 6.45) is 2.15. The Balaban J connectivity index is 2.26. The number of carbonyl (C=O) groups excluding carboxylic acids is 1. The lowest BCUT2D eigenvalue weighted by molar-refractivity contribution is -0.384. The lowest BCUT2D eigenvalue weighted by atomic mass is 10.1. The Morgan fingerprint density at radius 1 is 1.45 bits per heavy atom. The van der Waals surface area contributed by atoms with Crippen molar-refractivity contribution in [1.29, 1.82) is 0 Å². The van der Waals surface area contributed by atoms with Crippen LogP contribution in [0, 0.1) is 10.1 Å². The average Bonchev–Trinajstić information content (AvgIpc) is 2.84. The molecule has 2 rings (SSSR count). The fraction of sp³-hybridized carbons (Fsp3) is 0.615. The number of nitro groups is 1. The van der Waals surface area contributed by atoms with Gasteiger partial charge in [-0.05, 0) is 26.7 Å². The van der Waals surface area contributed by atoms with E-state index in [2.05, 4.69) is 0 Å². The second-order valence-corrected chi connectivity index (χ2v) is 5.37. The van der Waals surface area contributed by atoms with E-state index in [-0.39, 0.29) is 23.7 Å². The number of aromatic nitrogens is 1. The van der Waals surface area contributed by atoms with Gasteiger partial charge < -0.3 is 14.6 Å². The third kappa shape index (κ3) is 2.82. The van der Waals surface area contributed by atoms with Crippen LogP contribution in [0.4, 0.5) is 5.69 Å². The van der Waals surface area contributed by atoms with Gasteiger partial charge in [-0.15, -0.1) is 0 Å². The summed E-state index contributed by atoms with van der Waals surface area (Å²) in [5.74, 6) is -0.210. The van der Waals surface area contributed by atoms with Crippen molar-refractivity contribution in [3.05, 3.63) is 28.1 Å². The highest BCUT2D eigenvalue weighted by Crippen LogP contribution is 2.23. The molecular weight excluding hydrogens is 262 g/mol. The van der Waals surface area contributed by atoms with Gasteiger partial charge in [-0.3, -0.25) is 14.9 Å². The Hall–Kier alpha value is -1.89. The molecule has 0 bridgehead atoms. The van der Waals surface area contributed by atoms with E-state index in [4.69, 9.17) is 0 Å². The number of amides is 1. The third-order valence-corrected chi connectivity index (χ3v) is 3.57. The van der Waals surface area contributed by atoms with Gasteiger partial charge in [-0.1, -0.05) is 0 Å². The molecule has 0 radical (unpaired) electrons. The first kappa shape index (κ1) is 14.5. The second-order valence-electron chi connectivity index (χ2n) is 5.37. The first-order valence-corrected chi connectivity index (χ1v) is 6.73. The maximum absolute atomic E-state index is 12.5. The summed E-state index contributed by atoms with van der Waals surface area (Å²) in [6, 6.07) is 1.30. The van der Waals surface area contributed by atoms with Crippen molar-refractivity contribution in [2.45, 2.75) is 38.8 Å². The molecule has 20 heavy (non-hydrogen) atoms. The van der Waals surface area contributed by atoms with E-state index in [1.165, 1.54) is 12.3 Å². The number of carbonyl (C=O) groups is 1. The predicted molar refractivity (Wildman–Crippen MR) is 72.6 cm³/mol. The van der Waals surface area contributed by atoms with Crippen molar-refractivity contribution in [2.75, 3.05) is 13.1 Å². The number of aliphatic hydroxyl groups excluding tert-OH is 1. The standard InChI is InChI=1S/C13H19N3O4/c1-9(2)15-8-10(16(19)20)7-12(15)13(18)14-5-3-11(17)4-6-14/h7-9,11,17H,3-6H2,1-2H3. The lowest BCUT2D eigenvalue weighted by Gasteiger charge is -2.30. The smallest absolute Gasteiger partial charge is 0.287 e. The van der Waals surface area contributed by atoms with Gasteiger partial charge in [0.05, 0.1) is 17.2 Å². The monoisotopic (exact) mass is 281 g/mol. The van der Waals surface area contributed by atoms with E-state index in [1.54, 1.807) is 9.47 Å². The molecule has 1 fully saturated rings. The molecule has 7 heteroatoms. The van der Waals surface area contributed by atoms with Crippen LogP contribution in [0.15, 0.2) is 12.3 Å². The molecular formula is C13H19N3O4. The molecule has 0 atom stereocenters. The number of hydrogen-bond donors (Lipinski definition) is 1. The van der Waals surface area contributed by atoms with Gasteiger partial charge in [0.2, 0.25) is 0 Å². The summed E-state index contributed by atoms with van der Waals surface area (Å²) in [5, 5.41) is 20.3. The first-order valence-electron chi connectivity index (χ1n) is 6.73. The van der Waals surface area contributed by atoms with Crippen molar-refractivity contribution >= 4 is 11.6 Å². The molecule has 0 spiro atoms. The van der Waals surface area contributed by atoms with Gasteiger partial charge in [0.25, 0.3) is 11.6 Å². The molecule has 1 amide bonds. The van der Waals surface area contributed by atoms with Crippen LogP contribution in [-0.2, 0) is 0 Å². The molecule has 0 aliphatic carbocycles. The largest absolute Gasteiger partial charge is 0.393 e. The molecule has 1 aliphatic heterocycles. The number of rotatable bonds is 3. The van der Waals surface area contributed by atoms with Gasteiger partial charge in [0.1, 0.15) is 5.69 Å². The van der Waals surface area contributed by atoms with Crippen LogP contribution in [0.5, 0.6) is 0 Å². The van der Waals surface area contributed by atoms with E-state index < -0.39 is 4.92 Å². The highest BCUT2D eigenvalue weighted by atomic mass is 16.6. The molecule has 2 heterocycles. The van der Waals surface area contributed by atoms with Crippen LogP contribution in [0.1, 0.15) is 43.2 Å². The number of hydrogen-bond acceptors (Lipinski definition) is 4. The van der Waals surface area contributed by atoms with E-state index in [9.17, 15) is 20.0 Å². The van der Waals surface area contributed by atoms with E-state index in [1.807, 2.05) is 13.8 Å². The molecule has 0 unspecified atom stereocenters. The van der Waals surface area contributed by atoms with Gasteiger partial charge in [0.15, 0.2) is 0 Å². The molecule has 1 aromatic heterocycles. The Morgan fingerprint density at radius 3 is 2.55 bits per heavy atom. The summed E-state index contributed by atoms with van der Waals surface area (Å²) in [4.78, 5) is 24.5. The Kier molecular flexibility index (Phi) is 4.08. The predicted octanol–water partition coefficient (Wildman–Crippen LogP) is 1.57. The van der Waals surface area contributed by atoms with Crippen LogP contribution in [-0.4, -0.2) is 44.6 Å². The Morgan fingerprint density at radius 2 is 2.05 bits per heavy atom. The van der Waals surface area contributed by atoms with Gasteiger partial charge >= 0.3 is 0 Å². The van der Waals surface area contributed by atoms with Crippen molar-refractivity contribution in [2.24, 2.45) is 0 Å². The first-order chi connectivity index (χ1) is 9.40. The molecule has 7 nitrogen and oxygen atoms in total. The Bertz CT molecular complexity index is 516. The summed E-state index contributed by atoms with van der Waals surface area (Å²) >= 11 is 0. The quantitative estimate of drug-likeness (QED) is 0.673. The normalized spacial score (nSPS) is 16.7. The minimum atomic E-state index is -0.490.